The van der Waals surface area contributed by atoms with Crippen LogP contribution in [0.2, 0.25) is 0 Å². The van der Waals surface area contributed by atoms with Gasteiger partial charge in [-0.15, -0.1) is 0 Å². The van der Waals surface area contributed by atoms with Crippen molar-refractivity contribution in [1.82, 2.24) is 19.1 Å². The number of phosphoric acid groups is 1. The molecule has 7 atom stereocenters. The van der Waals surface area contributed by atoms with Crippen LogP contribution in [0.1, 0.15) is 25.3 Å². The Morgan fingerprint density at radius 2 is 1.49 bits per heavy atom. The van der Waals surface area contributed by atoms with Crippen LogP contribution in [0.15, 0.2) is 31.6 Å². The van der Waals surface area contributed by atoms with Crippen molar-refractivity contribution in [2.45, 2.75) is 49.7 Å². The highest BCUT2D eigenvalue weighted by Crippen LogP contribution is 2.48. The first-order valence-electron chi connectivity index (χ1n) is 10.7. The van der Waals surface area contributed by atoms with Crippen molar-refractivity contribution < 1.29 is 47.0 Å². The summed E-state index contributed by atoms with van der Waals surface area (Å²) >= 11 is 0. The molecule has 0 saturated carbocycles. The highest BCUT2D eigenvalue weighted by atomic mass is 31.2. The molecule has 204 valence electrons. The third kappa shape index (κ3) is 5.86. The summed E-state index contributed by atoms with van der Waals surface area (Å²) in [7, 11) is -4.91. The Labute approximate surface area is 203 Å². The lowest BCUT2D eigenvalue weighted by Crippen LogP contribution is -2.34. The Bertz CT molecular complexity index is 1440. The predicted molar refractivity (Wildman–Crippen MR) is 113 cm³/mol. The first-order chi connectivity index (χ1) is 17.4. The number of nitrogens with one attached hydrogen (secondary N) is 2. The van der Waals surface area contributed by atoms with Crippen LogP contribution in [0, 0.1) is 11.6 Å². The Kier molecular flexibility index (Phi) is 7.72. The molecular weight excluding hydrogens is 533 g/mol. The van der Waals surface area contributed by atoms with Gasteiger partial charge in [-0.25, -0.2) is 14.2 Å². The molecule has 5 N–H and O–H groups in total. The zero-order valence-corrected chi connectivity index (χ0v) is 19.5. The summed E-state index contributed by atoms with van der Waals surface area (Å²) in [6, 6.07) is 0. The number of rotatable bonds is 8. The predicted octanol–water partition coefficient (Wildman–Crippen LogP) is -2.20. The molecule has 0 bridgehead atoms. The van der Waals surface area contributed by atoms with E-state index in [9.17, 15) is 47.6 Å². The van der Waals surface area contributed by atoms with Gasteiger partial charge in [0.1, 0.15) is 30.8 Å². The molecule has 0 radical (unpaired) electrons. The van der Waals surface area contributed by atoms with Crippen molar-refractivity contribution in [1.29, 1.82) is 0 Å². The first-order valence-corrected chi connectivity index (χ1v) is 12.2. The lowest BCUT2D eigenvalue weighted by molar-refractivity contribution is -0.0578. The van der Waals surface area contributed by atoms with Crippen LogP contribution < -0.4 is 22.5 Å². The number of halogens is 2. The standard InChI is InChI=1S/C18H21F2N4O12P/c19-7-3-23(17(29)21-15(7)27)13-1-9(26)12(35-13)6-33-37(31,32)36-10-2-14(34-11(10)5-25)24-4-8(20)16(28)22-18(24)30/h3-4,9-14,25-26H,1-2,5-6H2,(H,31,32)(H,21,27,29)(H,22,28,30)/t9-,10-,11+,12+,13+,14+/m1/s1. The van der Waals surface area contributed by atoms with Gasteiger partial charge in [-0.05, 0) is 0 Å². The fraction of sp³-hybridized carbons (Fsp3) is 0.556. The maximum absolute atomic E-state index is 13.6. The smallest absolute Gasteiger partial charge is 0.394 e. The van der Waals surface area contributed by atoms with Crippen molar-refractivity contribution in [2.24, 2.45) is 0 Å². The lowest BCUT2D eigenvalue weighted by Gasteiger charge is -2.21. The number of aliphatic hydroxyl groups is 2. The largest absolute Gasteiger partial charge is 0.472 e. The average molecular weight is 554 g/mol. The zero-order chi connectivity index (χ0) is 27.1. The van der Waals surface area contributed by atoms with Crippen molar-refractivity contribution in [3.63, 3.8) is 0 Å². The number of nitrogens with zero attached hydrogens (tertiary/aromatic N) is 2. The lowest BCUT2D eigenvalue weighted by atomic mass is 10.2. The number of hydrogen-bond donors (Lipinski definition) is 5. The van der Waals surface area contributed by atoms with Gasteiger partial charge in [0.15, 0.2) is 0 Å². The monoisotopic (exact) mass is 554 g/mol. The minimum atomic E-state index is -4.91. The Morgan fingerprint density at radius 1 is 0.973 bits per heavy atom. The second-order valence-electron chi connectivity index (χ2n) is 8.18. The van der Waals surface area contributed by atoms with Gasteiger partial charge < -0.3 is 24.6 Å². The van der Waals surface area contributed by atoms with Crippen LogP contribution in [0.4, 0.5) is 8.78 Å². The average Bonchev–Trinajstić information content (AvgIpc) is 3.39. The molecule has 16 nitrogen and oxygen atoms in total. The molecule has 0 aromatic carbocycles. The molecule has 2 saturated heterocycles. The first kappa shape index (κ1) is 27.2. The van der Waals surface area contributed by atoms with Gasteiger partial charge in [-0.3, -0.25) is 37.7 Å². The summed E-state index contributed by atoms with van der Waals surface area (Å²) < 4.78 is 61.7. The van der Waals surface area contributed by atoms with E-state index in [0.29, 0.717) is 21.5 Å². The number of phosphoric ester groups is 1. The van der Waals surface area contributed by atoms with Crippen LogP contribution in [0.25, 0.3) is 0 Å². The number of aromatic amines is 2. The highest BCUT2D eigenvalue weighted by molar-refractivity contribution is 7.47. The van der Waals surface area contributed by atoms with E-state index < -0.39 is 92.0 Å². The molecule has 4 heterocycles. The van der Waals surface area contributed by atoms with Crippen LogP contribution in [0.3, 0.4) is 0 Å². The van der Waals surface area contributed by atoms with E-state index in [0.717, 1.165) is 0 Å². The van der Waals surface area contributed by atoms with E-state index in [1.165, 1.54) is 0 Å². The molecule has 2 aromatic heterocycles. The second kappa shape index (κ2) is 10.5. The van der Waals surface area contributed by atoms with Crippen molar-refractivity contribution in [3.05, 3.63) is 65.7 Å². The van der Waals surface area contributed by atoms with Crippen LogP contribution in [-0.4, -0.2) is 71.8 Å². The Hall–Kier alpha value is -2.83. The van der Waals surface area contributed by atoms with Gasteiger partial charge >= 0.3 is 19.2 Å². The quantitative estimate of drug-likeness (QED) is 0.219. The molecule has 2 fully saturated rings. The molecule has 2 aliphatic heterocycles. The number of H-pyrrole nitrogens is 2. The summed E-state index contributed by atoms with van der Waals surface area (Å²) in [5.41, 5.74) is -4.53. The van der Waals surface area contributed by atoms with Gasteiger partial charge in [0.05, 0.1) is 31.7 Å². The molecule has 2 aromatic rings. The van der Waals surface area contributed by atoms with Gasteiger partial charge in [0.25, 0.3) is 11.1 Å². The van der Waals surface area contributed by atoms with E-state index in [1.54, 1.807) is 9.97 Å². The molecule has 0 spiro atoms. The molecular formula is C18H21F2N4O12P. The van der Waals surface area contributed by atoms with Gasteiger partial charge in [-0.1, -0.05) is 0 Å². The van der Waals surface area contributed by atoms with E-state index >= 15 is 0 Å². The molecule has 2 aliphatic rings. The summed E-state index contributed by atoms with van der Waals surface area (Å²) in [4.78, 5) is 59.9. The van der Waals surface area contributed by atoms with Crippen LogP contribution in [0.5, 0.6) is 0 Å². The van der Waals surface area contributed by atoms with Gasteiger partial charge in [0.2, 0.25) is 11.6 Å². The minimum absolute atomic E-state index is 0.245. The number of ether oxygens (including phenoxy) is 2. The maximum Gasteiger partial charge on any atom is 0.472 e. The summed E-state index contributed by atoms with van der Waals surface area (Å²) in [6.45, 7) is -1.45. The highest BCUT2D eigenvalue weighted by Gasteiger charge is 2.43. The normalized spacial score (nSPS) is 29.4. The van der Waals surface area contributed by atoms with Crippen molar-refractivity contribution in [3.8, 4) is 0 Å². The molecule has 4 rings (SSSR count). The second-order valence-corrected chi connectivity index (χ2v) is 9.58. The van der Waals surface area contributed by atoms with Crippen molar-refractivity contribution >= 4 is 7.82 Å². The van der Waals surface area contributed by atoms with E-state index in [4.69, 9.17) is 18.5 Å². The topological polar surface area (TPSA) is 224 Å². The minimum Gasteiger partial charge on any atom is -0.394 e. The number of aromatic nitrogens is 4. The molecule has 0 aliphatic carbocycles. The van der Waals surface area contributed by atoms with Crippen LogP contribution >= 0.6 is 7.82 Å². The van der Waals surface area contributed by atoms with Crippen LogP contribution in [-0.2, 0) is 23.1 Å². The third-order valence-corrected chi connectivity index (χ3v) is 6.72. The Morgan fingerprint density at radius 3 is 2.03 bits per heavy atom. The van der Waals surface area contributed by atoms with Gasteiger partial charge in [-0.2, -0.15) is 8.78 Å². The zero-order valence-electron chi connectivity index (χ0n) is 18.6. The summed E-state index contributed by atoms with van der Waals surface area (Å²) in [5.74, 6) is -2.56. The Balaban J connectivity index is 1.39. The fourth-order valence-electron chi connectivity index (χ4n) is 3.90. The maximum atomic E-state index is 13.6. The third-order valence-electron chi connectivity index (χ3n) is 5.70. The SMILES string of the molecule is O=c1[nH]c(=O)n([C@@H]2C[C@@H](O)[C@H](COP(=O)(O)O[C@@H]3C[C@@H](n4cc(F)c(=O)[nH]c4=O)O[C@H]3CO)O2)cc1F. The molecule has 1 unspecified atom stereocenters. The fourth-order valence-corrected chi connectivity index (χ4v) is 4.86. The molecule has 19 heteroatoms. The van der Waals surface area contributed by atoms with Crippen molar-refractivity contribution in [2.75, 3.05) is 13.2 Å². The van der Waals surface area contributed by atoms with E-state index in [1.807, 2.05) is 0 Å². The molecule has 37 heavy (non-hydrogen) atoms. The van der Waals surface area contributed by atoms with Gasteiger partial charge in [0, 0.05) is 12.8 Å². The molecule has 0 amide bonds. The number of aliphatic hydroxyl groups excluding tert-OH is 2. The van der Waals surface area contributed by atoms with E-state index in [2.05, 4.69) is 0 Å². The number of hydrogen-bond acceptors (Lipinski definition) is 11. The summed E-state index contributed by atoms with van der Waals surface area (Å²) in [6.07, 6.45) is -7.04. The van der Waals surface area contributed by atoms with E-state index in [-0.39, 0.29) is 12.8 Å². The summed E-state index contributed by atoms with van der Waals surface area (Å²) in [5, 5.41) is 19.7.